The number of hydrogen-bond acceptors (Lipinski definition) is 1. The van der Waals surface area contributed by atoms with Gasteiger partial charge in [0.2, 0.25) is 0 Å². The Morgan fingerprint density at radius 1 is 1.23 bits per heavy atom. The zero-order valence-electron chi connectivity index (χ0n) is 6.64. The van der Waals surface area contributed by atoms with Crippen LogP contribution >= 0.6 is 0 Å². The first-order chi connectivity index (χ1) is 6.11. The van der Waals surface area contributed by atoms with E-state index in [2.05, 4.69) is 0 Å². The standard InChI is InChI=1S/C9H7F3O/c10-7-1-6(2-8(11)4-7)3-9(12)5-13/h1-2,4-5,9H,3H2. The second-order valence-electron chi connectivity index (χ2n) is 2.63. The first-order valence-electron chi connectivity index (χ1n) is 3.66. The SMILES string of the molecule is O=CC(F)Cc1cc(F)cc(F)c1. The minimum absolute atomic E-state index is 0.100. The van der Waals surface area contributed by atoms with Gasteiger partial charge < -0.3 is 4.79 Å². The fourth-order valence-corrected chi connectivity index (χ4v) is 1.00. The molecule has 1 nitrogen and oxygen atoms in total. The van der Waals surface area contributed by atoms with Crippen molar-refractivity contribution < 1.29 is 18.0 Å². The molecule has 0 aliphatic heterocycles. The highest BCUT2D eigenvalue weighted by Crippen LogP contribution is 2.10. The number of rotatable bonds is 3. The number of benzene rings is 1. The molecule has 1 rings (SSSR count). The maximum absolute atomic E-state index is 12.5. The van der Waals surface area contributed by atoms with Gasteiger partial charge in [0.15, 0.2) is 12.5 Å². The summed E-state index contributed by atoms with van der Waals surface area (Å²) in [4.78, 5) is 9.92. The van der Waals surface area contributed by atoms with Gasteiger partial charge >= 0.3 is 0 Å². The van der Waals surface area contributed by atoms with E-state index in [-0.39, 0.29) is 18.3 Å². The zero-order valence-corrected chi connectivity index (χ0v) is 6.64. The predicted octanol–water partition coefficient (Wildman–Crippen LogP) is 2.04. The molecule has 1 atom stereocenters. The highest BCUT2D eigenvalue weighted by atomic mass is 19.1. The van der Waals surface area contributed by atoms with Gasteiger partial charge in [0, 0.05) is 12.5 Å². The van der Waals surface area contributed by atoms with Crippen molar-refractivity contribution >= 4 is 6.29 Å². The molecule has 0 N–H and O–H groups in total. The van der Waals surface area contributed by atoms with Crippen LogP contribution in [0.4, 0.5) is 13.2 Å². The third-order valence-corrected chi connectivity index (χ3v) is 1.50. The molecule has 0 spiro atoms. The summed E-state index contributed by atoms with van der Waals surface area (Å²) in [6, 6.07) is 2.69. The van der Waals surface area contributed by atoms with Crippen LogP contribution in [0.15, 0.2) is 18.2 Å². The molecule has 0 aliphatic carbocycles. The van der Waals surface area contributed by atoms with E-state index in [1.54, 1.807) is 0 Å². The summed E-state index contributed by atoms with van der Waals surface area (Å²) in [7, 11) is 0. The third kappa shape index (κ3) is 2.89. The van der Waals surface area contributed by atoms with Crippen molar-refractivity contribution in [1.29, 1.82) is 0 Å². The van der Waals surface area contributed by atoms with E-state index in [1.165, 1.54) is 0 Å². The lowest BCUT2D eigenvalue weighted by molar-refractivity contribution is -0.111. The quantitative estimate of drug-likeness (QED) is 0.663. The molecule has 0 heterocycles. The van der Waals surface area contributed by atoms with Crippen LogP contribution in [0.1, 0.15) is 5.56 Å². The smallest absolute Gasteiger partial charge is 0.159 e. The maximum Gasteiger partial charge on any atom is 0.159 e. The van der Waals surface area contributed by atoms with E-state index in [0.29, 0.717) is 6.07 Å². The number of aldehydes is 1. The molecule has 4 heteroatoms. The van der Waals surface area contributed by atoms with Crippen LogP contribution in [0.3, 0.4) is 0 Å². The Hall–Kier alpha value is -1.32. The maximum atomic E-state index is 12.5. The van der Waals surface area contributed by atoms with Gasteiger partial charge in [-0.3, -0.25) is 0 Å². The molecular formula is C9H7F3O. The minimum Gasteiger partial charge on any atom is -0.300 e. The Balaban J connectivity index is 2.82. The fraction of sp³-hybridized carbons (Fsp3) is 0.222. The van der Waals surface area contributed by atoms with Crippen LogP contribution in [-0.4, -0.2) is 12.5 Å². The highest BCUT2D eigenvalue weighted by Gasteiger charge is 2.07. The van der Waals surface area contributed by atoms with E-state index in [4.69, 9.17) is 0 Å². The molecule has 0 saturated carbocycles. The monoisotopic (exact) mass is 188 g/mol. The summed E-state index contributed by atoms with van der Waals surface area (Å²) in [6.07, 6.45) is -1.90. The van der Waals surface area contributed by atoms with E-state index < -0.39 is 17.8 Å². The fourth-order valence-electron chi connectivity index (χ4n) is 1.00. The predicted molar refractivity (Wildman–Crippen MR) is 41.0 cm³/mol. The molecule has 1 unspecified atom stereocenters. The van der Waals surface area contributed by atoms with Crippen molar-refractivity contribution in [3.05, 3.63) is 35.4 Å². The first-order valence-corrected chi connectivity index (χ1v) is 3.66. The van der Waals surface area contributed by atoms with Gasteiger partial charge in [0.05, 0.1) is 0 Å². The van der Waals surface area contributed by atoms with Crippen molar-refractivity contribution in [2.45, 2.75) is 12.6 Å². The second kappa shape index (κ2) is 4.07. The summed E-state index contributed by atoms with van der Waals surface area (Å²) in [6.45, 7) is 0. The van der Waals surface area contributed by atoms with E-state index >= 15 is 0 Å². The molecule has 0 bridgehead atoms. The van der Waals surface area contributed by atoms with Gasteiger partial charge in [0.25, 0.3) is 0 Å². The number of halogens is 3. The molecule has 70 valence electrons. The summed E-state index contributed by atoms with van der Waals surface area (Å²) >= 11 is 0. The highest BCUT2D eigenvalue weighted by molar-refractivity contribution is 5.56. The normalized spacial score (nSPS) is 12.5. The van der Waals surface area contributed by atoms with Crippen molar-refractivity contribution in [2.24, 2.45) is 0 Å². The molecule has 0 amide bonds. The summed E-state index contributed by atoms with van der Waals surface area (Å²) in [5.74, 6) is -1.54. The number of carbonyl (C=O) groups is 1. The Labute approximate surface area is 73.2 Å². The summed E-state index contributed by atoms with van der Waals surface area (Å²) in [5.41, 5.74) is 0.136. The Morgan fingerprint density at radius 3 is 2.23 bits per heavy atom. The molecule has 0 fully saturated rings. The molecule has 0 radical (unpaired) electrons. The van der Waals surface area contributed by atoms with Crippen molar-refractivity contribution in [2.75, 3.05) is 0 Å². The van der Waals surface area contributed by atoms with Crippen LogP contribution in [0.25, 0.3) is 0 Å². The molecule has 13 heavy (non-hydrogen) atoms. The summed E-state index contributed by atoms with van der Waals surface area (Å²) in [5, 5.41) is 0. The average Bonchev–Trinajstić information content (AvgIpc) is 2.02. The molecule has 1 aromatic rings. The van der Waals surface area contributed by atoms with Crippen LogP contribution in [0.2, 0.25) is 0 Å². The lowest BCUT2D eigenvalue weighted by Crippen LogP contribution is -2.06. The van der Waals surface area contributed by atoms with Gasteiger partial charge in [-0.1, -0.05) is 0 Å². The van der Waals surface area contributed by atoms with Gasteiger partial charge in [-0.05, 0) is 17.7 Å². The molecule has 0 saturated heterocycles. The zero-order chi connectivity index (χ0) is 9.84. The van der Waals surface area contributed by atoms with Gasteiger partial charge in [0.1, 0.15) is 11.6 Å². The van der Waals surface area contributed by atoms with E-state index in [9.17, 15) is 18.0 Å². The Morgan fingerprint density at radius 2 is 1.77 bits per heavy atom. The van der Waals surface area contributed by atoms with Gasteiger partial charge in [-0.2, -0.15) is 0 Å². The third-order valence-electron chi connectivity index (χ3n) is 1.50. The van der Waals surface area contributed by atoms with Crippen LogP contribution in [-0.2, 0) is 11.2 Å². The van der Waals surface area contributed by atoms with Crippen molar-refractivity contribution in [3.8, 4) is 0 Å². The Bertz CT molecular complexity index is 291. The van der Waals surface area contributed by atoms with Crippen LogP contribution in [0.5, 0.6) is 0 Å². The first kappa shape index (κ1) is 9.77. The average molecular weight is 188 g/mol. The number of alkyl halides is 1. The Kier molecular flexibility index (Phi) is 3.06. The molecule has 0 aliphatic rings. The number of carbonyl (C=O) groups excluding carboxylic acids is 1. The van der Waals surface area contributed by atoms with Crippen LogP contribution < -0.4 is 0 Å². The molecule has 0 aromatic heterocycles. The second-order valence-corrected chi connectivity index (χ2v) is 2.63. The van der Waals surface area contributed by atoms with E-state index in [0.717, 1.165) is 12.1 Å². The number of hydrogen-bond donors (Lipinski definition) is 0. The topological polar surface area (TPSA) is 17.1 Å². The largest absolute Gasteiger partial charge is 0.300 e. The lowest BCUT2D eigenvalue weighted by Gasteiger charge is -2.01. The minimum atomic E-state index is -1.71. The molecule has 1 aromatic carbocycles. The van der Waals surface area contributed by atoms with Gasteiger partial charge in [-0.15, -0.1) is 0 Å². The van der Waals surface area contributed by atoms with Crippen molar-refractivity contribution in [1.82, 2.24) is 0 Å². The summed E-state index contributed by atoms with van der Waals surface area (Å²) < 4.78 is 37.5. The van der Waals surface area contributed by atoms with Crippen LogP contribution in [0, 0.1) is 11.6 Å². The van der Waals surface area contributed by atoms with Gasteiger partial charge in [-0.25, -0.2) is 13.2 Å². The van der Waals surface area contributed by atoms with Crippen molar-refractivity contribution in [3.63, 3.8) is 0 Å². The lowest BCUT2D eigenvalue weighted by atomic mass is 10.1. The van der Waals surface area contributed by atoms with E-state index in [1.807, 2.05) is 0 Å². The molecular weight excluding hydrogens is 181 g/mol.